The number of hydrogen-bond acceptors (Lipinski definition) is 6. The number of carbonyl (C=O) groups excluding carboxylic acids is 2. The molecule has 31 heavy (non-hydrogen) atoms. The van der Waals surface area contributed by atoms with Crippen LogP contribution in [-0.4, -0.2) is 58.7 Å². The molecule has 1 heterocycles. The smallest absolute Gasteiger partial charge is 0.413 e. The molecule has 5 atom stereocenters. The summed E-state index contributed by atoms with van der Waals surface area (Å²) in [6, 6.07) is 4.81. The molecule has 3 fully saturated rings. The van der Waals surface area contributed by atoms with E-state index in [0.717, 1.165) is 4.90 Å². The van der Waals surface area contributed by atoms with E-state index in [0.29, 0.717) is 15.6 Å². The summed E-state index contributed by atoms with van der Waals surface area (Å²) in [5.74, 6) is -4.94. The van der Waals surface area contributed by atoms with Crippen molar-refractivity contribution in [3.63, 3.8) is 0 Å². The van der Waals surface area contributed by atoms with Gasteiger partial charge in [0, 0.05) is 11.8 Å². The predicted molar refractivity (Wildman–Crippen MR) is 105 cm³/mol. The van der Waals surface area contributed by atoms with Crippen molar-refractivity contribution in [3.05, 3.63) is 46.5 Å². The summed E-state index contributed by atoms with van der Waals surface area (Å²) >= 11 is 11.9. The molecule has 1 amide bonds. The van der Waals surface area contributed by atoms with Crippen molar-refractivity contribution in [2.75, 3.05) is 13.3 Å². The van der Waals surface area contributed by atoms with Gasteiger partial charge in [0.25, 0.3) is 0 Å². The normalized spacial score (nSPS) is 33.2. The Morgan fingerprint density at radius 2 is 2.13 bits per heavy atom. The van der Waals surface area contributed by atoms with Crippen molar-refractivity contribution < 1.29 is 38.1 Å². The number of fused-ring (bicyclic) bond motifs is 2. The van der Waals surface area contributed by atoms with Gasteiger partial charge in [-0.2, -0.15) is 0 Å². The molecule has 166 valence electrons. The molecular weight excluding hydrogens is 456 g/mol. The quantitative estimate of drug-likeness (QED) is 0.499. The Hall–Kier alpha value is -2.36. The molecule has 1 saturated heterocycles. The lowest BCUT2D eigenvalue weighted by Gasteiger charge is -2.37. The van der Waals surface area contributed by atoms with Crippen LogP contribution in [-0.2, 0) is 30.4 Å². The number of alkyl halides is 1. The third-order valence-corrected chi connectivity index (χ3v) is 6.86. The first kappa shape index (κ1) is 21.9. The monoisotopic (exact) mass is 473 g/mol. The number of nitrogens with zero attached hydrogens (tertiary/aromatic N) is 1. The maximum Gasteiger partial charge on any atom is 0.413 e. The van der Waals surface area contributed by atoms with Gasteiger partial charge in [-0.1, -0.05) is 41.9 Å². The molecule has 1 N–H and O–H groups in total. The van der Waals surface area contributed by atoms with E-state index in [1.807, 2.05) is 0 Å². The highest BCUT2D eigenvalue weighted by molar-refractivity contribution is 6.42. The third kappa shape index (κ3) is 3.09. The number of benzene rings is 1. The molecule has 8 nitrogen and oxygen atoms in total. The van der Waals surface area contributed by atoms with Crippen LogP contribution in [0.25, 0.3) is 0 Å². The van der Waals surface area contributed by atoms with Crippen molar-refractivity contribution in [1.29, 1.82) is 0 Å². The number of rotatable bonds is 6. The molecule has 0 aromatic heterocycles. The SMILES string of the molecule is C=CCOC(=O)N1COC(=O)[C@@]12[C@H](OCc1ccc(Cl)c(Cl)c1)C[C@@H]1[C@H]2[C@@]1(F)C(=O)O. The van der Waals surface area contributed by atoms with Crippen molar-refractivity contribution in [2.45, 2.75) is 30.3 Å². The van der Waals surface area contributed by atoms with Gasteiger partial charge in [0.15, 0.2) is 12.3 Å². The van der Waals surface area contributed by atoms with Gasteiger partial charge in [-0.05, 0) is 24.1 Å². The van der Waals surface area contributed by atoms with Crippen LogP contribution in [0, 0.1) is 11.8 Å². The molecule has 1 aliphatic heterocycles. The van der Waals surface area contributed by atoms with E-state index in [1.54, 1.807) is 18.2 Å². The minimum absolute atomic E-state index is 0.0298. The molecule has 1 aromatic rings. The Morgan fingerprint density at radius 1 is 1.39 bits per heavy atom. The van der Waals surface area contributed by atoms with Crippen LogP contribution >= 0.6 is 23.2 Å². The molecule has 4 rings (SSSR count). The average molecular weight is 474 g/mol. The molecule has 1 spiro atoms. The molecule has 3 aliphatic rings. The highest BCUT2D eigenvalue weighted by Crippen LogP contribution is 2.70. The molecule has 2 aliphatic carbocycles. The highest BCUT2D eigenvalue weighted by Gasteiger charge is 2.89. The number of halogens is 3. The summed E-state index contributed by atoms with van der Waals surface area (Å²) in [4.78, 5) is 38.0. The lowest BCUT2D eigenvalue weighted by atomic mass is 9.86. The minimum Gasteiger partial charge on any atom is -0.479 e. The van der Waals surface area contributed by atoms with E-state index in [-0.39, 0.29) is 19.6 Å². The molecule has 11 heteroatoms. The standard InChI is InChI=1S/C20H18Cl2FNO7/c1-2-5-29-18(28)24-9-31-17(27)20(24)14(7-11-15(20)19(11,23)16(25)26)30-8-10-3-4-12(21)13(22)6-10/h2-4,6,11,14-15H,1,5,7-9H2,(H,25,26)/t11-,14-,15+,19-,20+/m1/s1. The van der Waals surface area contributed by atoms with Gasteiger partial charge in [-0.25, -0.2) is 18.8 Å². The number of amides is 1. The van der Waals surface area contributed by atoms with E-state index >= 15 is 4.39 Å². The molecule has 0 bridgehead atoms. The zero-order chi connectivity index (χ0) is 22.6. The van der Waals surface area contributed by atoms with E-state index in [4.69, 9.17) is 37.4 Å². The predicted octanol–water partition coefficient (Wildman–Crippen LogP) is 3.20. The van der Waals surface area contributed by atoms with Crippen molar-refractivity contribution in [1.82, 2.24) is 4.90 Å². The van der Waals surface area contributed by atoms with Crippen LogP contribution < -0.4 is 0 Å². The van der Waals surface area contributed by atoms with Gasteiger partial charge in [0.1, 0.15) is 6.61 Å². The lowest BCUT2D eigenvalue weighted by molar-refractivity contribution is -0.156. The third-order valence-electron chi connectivity index (χ3n) is 6.12. The Bertz CT molecular complexity index is 975. The Morgan fingerprint density at radius 3 is 2.77 bits per heavy atom. The summed E-state index contributed by atoms with van der Waals surface area (Å²) in [7, 11) is 0. The van der Waals surface area contributed by atoms with Crippen LogP contribution in [0.4, 0.5) is 9.18 Å². The van der Waals surface area contributed by atoms with Gasteiger partial charge in [0.2, 0.25) is 5.67 Å². The zero-order valence-corrected chi connectivity index (χ0v) is 17.6. The number of carboxylic acids is 1. The first-order valence-corrected chi connectivity index (χ1v) is 10.1. The molecule has 1 aromatic carbocycles. The van der Waals surface area contributed by atoms with E-state index in [9.17, 15) is 19.5 Å². The van der Waals surface area contributed by atoms with Crippen LogP contribution in [0.2, 0.25) is 10.0 Å². The van der Waals surface area contributed by atoms with E-state index < -0.39 is 53.9 Å². The fraction of sp³-hybridized carbons (Fsp3) is 0.450. The van der Waals surface area contributed by atoms with Crippen LogP contribution in [0.1, 0.15) is 12.0 Å². The van der Waals surface area contributed by atoms with E-state index in [2.05, 4.69) is 6.58 Å². The largest absolute Gasteiger partial charge is 0.479 e. The van der Waals surface area contributed by atoms with E-state index in [1.165, 1.54) is 6.08 Å². The highest BCUT2D eigenvalue weighted by atomic mass is 35.5. The number of cyclic esters (lactones) is 1. The molecule has 0 unspecified atom stereocenters. The van der Waals surface area contributed by atoms with Crippen LogP contribution in [0.3, 0.4) is 0 Å². The summed E-state index contributed by atoms with van der Waals surface area (Å²) < 4.78 is 31.3. The first-order chi connectivity index (χ1) is 14.7. The average Bonchev–Trinajstić information content (AvgIpc) is 3.02. The molecule has 0 radical (unpaired) electrons. The second kappa shape index (κ2) is 7.65. The summed E-state index contributed by atoms with van der Waals surface area (Å²) in [6.07, 6.45) is -0.720. The number of aliphatic carboxylic acids is 1. The maximum absolute atomic E-state index is 15.2. The minimum atomic E-state index is -2.66. The summed E-state index contributed by atoms with van der Waals surface area (Å²) in [5.41, 5.74) is -3.99. The van der Waals surface area contributed by atoms with Crippen LogP contribution in [0.5, 0.6) is 0 Å². The summed E-state index contributed by atoms with van der Waals surface area (Å²) in [6.45, 7) is 2.77. The fourth-order valence-electron chi connectivity index (χ4n) is 4.75. The Labute approximate surface area is 186 Å². The fourth-order valence-corrected chi connectivity index (χ4v) is 5.07. The second-order valence-corrected chi connectivity index (χ2v) is 8.44. The number of esters is 1. The van der Waals surface area contributed by atoms with Crippen molar-refractivity contribution >= 4 is 41.2 Å². The van der Waals surface area contributed by atoms with Gasteiger partial charge in [0.05, 0.1) is 22.8 Å². The Kier molecular flexibility index (Phi) is 5.39. The van der Waals surface area contributed by atoms with Crippen LogP contribution in [0.15, 0.2) is 30.9 Å². The first-order valence-electron chi connectivity index (χ1n) is 9.39. The number of ether oxygens (including phenoxy) is 3. The van der Waals surface area contributed by atoms with Gasteiger partial charge in [-0.15, -0.1) is 0 Å². The zero-order valence-electron chi connectivity index (χ0n) is 16.1. The number of carbonyl (C=O) groups is 3. The van der Waals surface area contributed by atoms with Gasteiger partial charge >= 0.3 is 18.0 Å². The second-order valence-electron chi connectivity index (χ2n) is 7.62. The number of hydrogen-bond donors (Lipinski definition) is 1. The lowest BCUT2D eigenvalue weighted by Crippen LogP contribution is -2.61. The van der Waals surface area contributed by atoms with Gasteiger partial charge in [-0.3, -0.25) is 4.90 Å². The van der Waals surface area contributed by atoms with Gasteiger partial charge < -0.3 is 19.3 Å². The topological polar surface area (TPSA) is 102 Å². The number of carboxylic acid groups (broad SMARTS) is 1. The van der Waals surface area contributed by atoms with Crippen molar-refractivity contribution in [2.24, 2.45) is 11.8 Å². The molecular formula is C20H18Cl2FNO7. The molecule has 2 saturated carbocycles. The Balaban J connectivity index is 1.66. The van der Waals surface area contributed by atoms with Crippen molar-refractivity contribution in [3.8, 4) is 0 Å². The maximum atomic E-state index is 15.2. The summed E-state index contributed by atoms with van der Waals surface area (Å²) in [5, 5.41) is 10.1.